The van der Waals surface area contributed by atoms with Crippen molar-refractivity contribution < 1.29 is 8.42 Å². The Labute approximate surface area is 190 Å². The highest BCUT2D eigenvalue weighted by Gasteiger charge is 2.21. The van der Waals surface area contributed by atoms with Crippen LogP contribution in [0.4, 0.5) is 5.82 Å². The van der Waals surface area contributed by atoms with Crippen molar-refractivity contribution in [1.82, 2.24) is 19.1 Å². The minimum atomic E-state index is -3.52. The van der Waals surface area contributed by atoms with E-state index < -0.39 is 10.0 Å². The van der Waals surface area contributed by atoms with Crippen molar-refractivity contribution in [2.45, 2.75) is 46.1 Å². The molecule has 3 rings (SSSR count). The monoisotopic (exact) mass is 454 g/mol. The second kappa shape index (κ2) is 10.1. The van der Waals surface area contributed by atoms with Crippen LogP contribution in [0.3, 0.4) is 0 Å². The number of rotatable bonds is 9. The van der Waals surface area contributed by atoms with Crippen molar-refractivity contribution in [3.8, 4) is 0 Å². The van der Waals surface area contributed by atoms with Gasteiger partial charge in [-0.2, -0.15) is 14.5 Å². The van der Waals surface area contributed by atoms with Crippen LogP contribution in [0.25, 0.3) is 0 Å². The number of pyridine rings is 1. The molecule has 0 amide bonds. The number of nitrogens with zero attached hydrogens (tertiary/aromatic N) is 5. The van der Waals surface area contributed by atoms with Gasteiger partial charge in [-0.3, -0.25) is 10.1 Å². The molecule has 170 valence electrons. The summed E-state index contributed by atoms with van der Waals surface area (Å²) in [5.41, 5.74) is 8.11. The summed E-state index contributed by atoms with van der Waals surface area (Å²) in [6.45, 7) is 11.2. The highest BCUT2D eigenvalue weighted by Crippen LogP contribution is 2.17. The second-order valence-corrected chi connectivity index (χ2v) is 9.50. The van der Waals surface area contributed by atoms with Crippen LogP contribution in [-0.4, -0.2) is 46.8 Å². The molecule has 0 spiro atoms. The summed E-state index contributed by atoms with van der Waals surface area (Å²) in [5, 5.41) is 8.91. The van der Waals surface area contributed by atoms with Crippen molar-refractivity contribution in [3.63, 3.8) is 0 Å². The molecule has 0 fully saturated rings. The van der Waals surface area contributed by atoms with E-state index in [-0.39, 0.29) is 4.90 Å². The van der Waals surface area contributed by atoms with E-state index in [2.05, 4.69) is 51.8 Å². The number of hydrazone groups is 1. The van der Waals surface area contributed by atoms with Gasteiger partial charge in [-0.15, -0.1) is 0 Å². The van der Waals surface area contributed by atoms with Gasteiger partial charge in [0.25, 0.3) is 0 Å². The molecule has 0 bridgehead atoms. The molecule has 0 atom stereocenters. The van der Waals surface area contributed by atoms with Crippen LogP contribution in [0.1, 0.15) is 41.9 Å². The number of hydrogen-bond donors (Lipinski definition) is 1. The van der Waals surface area contributed by atoms with Crippen LogP contribution in [0.5, 0.6) is 0 Å². The maximum absolute atomic E-state index is 12.6. The Hall–Kier alpha value is -3.04. The Morgan fingerprint density at radius 3 is 2.34 bits per heavy atom. The third-order valence-electron chi connectivity index (χ3n) is 5.34. The van der Waals surface area contributed by atoms with Crippen LogP contribution in [0, 0.1) is 20.8 Å². The Morgan fingerprint density at radius 2 is 1.75 bits per heavy atom. The summed E-state index contributed by atoms with van der Waals surface area (Å²) in [4.78, 5) is 4.36. The van der Waals surface area contributed by atoms with Gasteiger partial charge in [0.1, 0.15) is 10.7 Å². The summed E-state index contributed by atoms with van der Waals surface area (Å²) in [5.74, 6) is 0.460. The molecule has 2 heterocycles. The first kappa shape index (κ1) is 23.6. The van der Waals surface area contributed by atoms with Crippen molar-refractivity contribution >= 4 is 22.1 Å². The van der Waals surface area contributed by atoms with E-state index in [4.69, 9.17) is 0 Å². The van der Waals surface area contributed by atoms with Crippen LogP contribution in [0.2, 0.25) is 0 Å². The zero-order chi connectivity index (χ0) is 23.3. The first-order valence-corrected chi connectivity index (χ1v) is 12.0. The minimum Gasteiger partial charge on any atom is -0.265 e. The minimum absolute atomic E-state index is 0.166. The van der Waals surface area contributed by atoms with Gasteiger partial charge in [-0.1, -0.05) is 43.7 Å². The molecule has 0 aliphatic rings. The van der Waals surface area contributed by atoms with Gasteiger partial charge in [0.15, 0.2) is 0 Å². The summed E-state index contributed by atoms with van der Waals surface area (Å²) in [7, 11) is -3.52. The van der Waals surface area contributed by atoms with Crippen LogP contribution < -0.4 is 5.43 Å². The molecule has 8 nitrogen and oxygen atoms in total. The molecule has 3 aromatic rings. The number of sulfonamides is 1. The average molecular weight is 455 g/mol. The first-order chi connectivity index (χ1) is 15.3. The lowest BCUT2D eigenvalue weighted by Crippen LogP contribution is -2.30. The van der Waals surface area contributed by atoms with E-state index in [9.17, 15) is 8.42 Å². The standard InChI is InChI=1S/C23H30N6O2S/c1-6-28(7-2)32(30,31)21-12-13-23(24-14-21)26-25-15-22-18(4)27-29(19(22)5)16-20-10-8-17(3)9-11-20/h8-15H,6-7,16H2,1-5H3,(H,24,26)/b25-15+. The second-order valence-electron chi connectivity index (χ2n) is 7.57. The highest BCUT2D eigenvalue weighted by atomic mass is 32.2. The smallest absolute Gasteiger partial charge is 0.244 e. The topological polar surface area (TPSA) is 92.5 Å². The first-order valence-electron chi connectivity index (χ1n) is 10.6. The van der Waals surface area contributed by atoms with Gasteiger partial charge in [0.2, 0.25) is 10.0 Å². The van der Waals surface area contributed by atoms with Gasteiger partial charge >= 0.3 is 0 Å². The number of nitrogens with one attached hydrogen (secondary N) is 1. The largest absolute Gasteiger partial charge is 0.265 e. The van der Waals surface area contributed by atoms with Gasteiger partial charge in [-0.25, -0.2) is 13.4 Å². The fourth-order valence-corrected chi connectivity index (χ4v) is 4.80. The van der Waals surface area contributed by atoms with Crippen molar-refractivity contribution in [2.75, 3.05) is 18.5 Å². The Balaban J connectivity index is 1.70. The normalized spacial score (nSPS) is 12.1. The maximum atomic E-state index is 12.6. The highest BCUT2D eigenvalue weighted by molar-refractivity contribution is 7.89. The lowest BCUT2D eigenvalue weighted by molar-refractivity contribution is 0.445. The number of benzene rings is 1. The molecule has 0 saturated carbocycles. The zero-order valence-corrected chi connectivity index (χ0v) is 20.0. The zero-order valence-electron chi connectivity index (χ0n) is 19.2. The van der Waals surface area contributed by atoms with E-state index in [1.54, 1.807) is 12.3 Å². The van der Waals surface area contributed by atoms with E-state index in [0.717, 1.165) is 17.0 Å². The van der Waals surface area contributed by atoms with E-state index in [0.29, 0.717) is 25.5 Å². The van der Waals surface area contributed by atoms with E-state index in [1.807, 2.05) is 32.4 Å². The molecular weight excluding hydrogens is 424 g/mol. The summed E-state index contributed by atoms with van der Waals surface area (Å²) < 4.78 is 28.5. The number of aryl methyl sites for hydroxylation is 2. The van der Waals surface area contributed by atoms with Gasteiger partial charge < -0.3 is 0 Å². The van der Waals surface area contributed by atoms with Gasteiger partial charge in [0, 0.05) is 30.5 Å². The third kappa shape index (κ3) is 5.23. The number of anilines is 1. The van der Waals surface area contributed by atoms with Crippen LogP contribution in [0.15, 0.2) is 52.6 Å². The molecule has 2 aromatic heterocycles. The molecule has 32 heavy (non-hydrogen) atoms. The molecule has 0 aliphatic heterocycles. The molecule has 0 unspecified atom stereocenters. The molecule has 1 aromatic carbocycles. The molecular formula is C23H30N6O2S. The van der Waals surface area contributed by atoms with Crippen molar-refractivity contribution in [3.05, 3.63) is 70.7 Å². The fraction of sp³-hybridized carbons (Fsp3) is 0.348. The summed E-state index contributed by atoms with van der Waals surface area (Å²) in [6.07, 6.45) is 3.06. The lowest BCUT2D eigenvalue weighted by Gasteiger charge is -2.18. The molecule has 0 radical (unpaired) electrons. The van der Waals surface area contributed by atoms with Gasteiger partial charge in [0.05, 0.1) is 18.5 Å². The Kier molecular flexibility index (Phi) is 7.42. The third-order valence-corrected chi connectivity index (χ3v) is 7.38. The maximum Gasteiger partial charge on any atom is 0.244 e. The Morgan fingerprint density at radius 1 is 1.06 bits per heavy atom. The quantitative estimate of drug-likeness (QED) is 0.393. The molecule has 9 heteroatoms. The van der Waals surface area contributed by atoms with Gasteiger partial charge in [-0.05, 0) is 38.5 Å². The van der Waals surface area contributed by atoms with E-state index in [1.165, 1.54) is 27.7 Å². The fourth-order valence-electron chi connectivity index (χ4n) is 3.39. The lowest BCUT2D eigenvalue weighted by atomic mass is 10.1. The average Bonchev–Trinajstić information content (AvgIpc) is 3.03. The molecule has 1 N–H and O–H groups in total. The predicted molar refractivity (Wildman–Crippen MR) is 128 cm³/mol. The van der Waals surface area contributed by atoms with Crippen molar-refractivity contribution in [2.24, 2.45) is 5.10 Å². The van der Waals surface area contributed by atoms with E-state index >= 15 is 0 Å². The Bertz CT molecular complexity index is 1180. The number of hydrogen-bond acceptors (Lipinski definition) is 6. The molecule has 0 saturated heterocycles. The summed E-state index contributed by atoms with van der Waals surface area (Å²) >= 11 is 0. The summed E-state index contributed by atoms with van der Waals surface area (Å²) in [6, 6.07) is 11.5. The SMILES string of the molecule is CCN(CC)S(=O)(=O)c1ccc(N/N=C/c2c(C)nn(Cc3ccc(C)cc3)c2C)nc1. The van der Waals surface area contributed by atoms with Crippen molar-refractivity contribution in [1.29, 1.82) is 0 Å². The predicted octanol–water partition coefficient (Wildman–Crippen LogP) is 3.73. The van der Waals surface area contributed by atoms with Crippen LogP contribution in [-0.2, 0) is 16.6 Å². The molecule has 0 aliphatic carbocycles. The van der Waals surface area contributed by atoms with Crippen LogP contribution >= 0.6 is 0 Å². The number of aromatic nitrogens is 3.